The summed E-state index contributed by atoms with van der Waals surface area (Å²) >= 11 is 0. The van der Waals surface area contributed by atoms with Crippen LogP contribution in [0.2, 0.25) is 0 Å². The normalized spacial score (nSPS) is 53.1. The van der Waals surface area contributed by atoms with Crippen molar-refractivity contribution < 1.29 is 44.2 Å². The number of aliphatic hydroxyl groups is 3. The van der Waals surface area contributed by atoms with Crippen LogP contribution in [-0.2, 0) is 23.7 Å². The minimum atomic E-state index is -1.44. The molecule has 3 saturated carbocycles. The highest BCUT2D eigenvalue weighted by Gasteiger charge is 2.86. The fraction of sp³-hybridized carbons (Fsp3) is 0.893. The number of hydrogen-bond acceptors (Lipinski definition) is 8. The SMILES string of the molecule is CC(C)C1=CC2CC3(C4OCCO4)C4CCC(C)C4CC2(CO[C@@H]2O[C@H](C)[C@@H](O)[C@@H](O)[C@@H]2O)C13C(=O)O. The zero-order valence-electron chi connectivity index (χ0n) is 22.2. The molecular weight excluding hydrogens is 480 g/mol. The first-order valence-electron chi connectivity index (χ1n) is 14.0. The van der Waals surface area contributed by atoms with Crippen LogP contribution in [0.1, 0.15) is 53.4 Å². The molecule has 2 saturated heterocycles. The van der Waals surface area contributed by atoms with Gasteiger partial charge in [0.25, 0.3) is 0 Å². The van der Waals surface area contributed by atoms with Gasteiger partial charge in [-0.3, -0.25) is 4.79 Å². The van der Waals surface area contributed by atoms with E-state index < -0.39 is 59.2 Å². The standard InChI is InChI=1S/C28H42O9/c1-13(2)19-9-16-10-27(25-34-7-8-35-25)18-6-5-14(3)17(18)11-26(16,28(19,27)24(32)33)12-36-23-22(31)21(30)20(29)15(4)37-23/h9,13-18,20-23,25,29-31H,5-8,10-12H2,1-4H3,(H,32,33)/t14?,15-,16?,17?,18?,20-,21-,22+,23-,26?,27?,28?/m1/s1. The van der Waals surface area contributed by atoms with Crippen molar-refractivity contribution in [2.24, 2.45) is 45.8 Å². The summed E-state index contributed by atoms with van der Waals surface area (Å²) in [4.78, 5) is 13.8. The Morgan fingerprint density at radius 2 is 1.78 bits per heavy atom. The molecular formula is C28H42O9. The van der Waals surface area contributed by atoms with Gasteiger partial charge in [-0.2, -0.15) is 0 Å². The minimum Gasteiger partial charge on any atom is -0.481 e. The molecule has 0 aromatic carbocycles. The van der Waals surface area contributed by atoms with E-state index in [2.05, 4.69) is 26.8 Å². The Morgan fingerprint density at radius 1 is 1.08 bits per heavy atom. The number of carboxylic acid groups (broad SMARTS) is 1. The van der Waals surface area contributed by atoms with Crippen LogP contribution in [0.15, 0.2) is 11.6 Å². The first-order valence-corrected chi connectivity index (χ1v) is 14.0. The second-order valence-electron chi connectivity index (χ2n) is 12.9. The predicted molar refractivity (Wildman–Crippen MR) is 130 cm³/mol. The molecule has 9 heteroatoms. The van der Waals surface area contributed by atoms with Gasteiger partial charge in [-0.05, 0) is 55.8 Å². The van der Waals surface area contributed by atoms with Crippen molar-refractivity contribution in [3.8, 4) is 0 Å². The molecule has 37 heavy (non-hydrogen) atoms. The van der Waals surface area contributed by atoms with E-state index in [1.807, 2.05) is 0 Å². The number of carbonyl (C=O) groups is 1. The van der Waals surface area contributed by atoms with Gasteiger partial charge in [0.2, 0.25) is 0 Å². The van der Waals surface area contributed by atoms with Crippen molar-refractivity contribution in [2.75, 3.05) is 19.8 Å². The first-order chi connectivity index (χ1) is 17.5. The van der Waals surface area contributed by atoms with Gasteiger partial charge in [0.05, 0.1) is 25.9 Å². The van der Waals surface area contributed by atoms with Crippen molar-refractivity contribution in [2.45, 2.75) is 90.4 Å². The van der Waals surface area contributed by atoms with E-state index in [4.69, 9.17) is 18.9 Å². The third kappa shape index (κ3) is 3.08. The molecule has 4 bridgehead atoms. The quantitative estimate of drug-likeness (QED) is 0.386. The van der Waals surface area contributed by atoms with Gasteiger partial charge in [-0.1, -0.05) is 38.8 Å². The summed E-state index contributed by atoms with van der Waals surface area (Å²) in [7, 11) is 0. The summed E-state index contributed by atoms with van der Waals surface area (Å²) in [6.45, 7) is 9.01. The summed E-state index contributed by atoms with van der Waals surface area (Å²) in [5.41, 5.74) is -1.77. The number of allylic oxidation sites excluding steroid dienone is 1. The highest BCUT2D eigenvalue weighted by atomic mass is 16.7. The van der Waals surface area contributed by atoms with Crippen LogP contribution in [0.25, 0.3) is 0 Å². The number of hydrogen-bond donors (Lipinski definition) is 4. The van der Waals surface area contributed by atoms with Crippen molar-refractivity contribution in [1.82, 2.24) is 0 Å². The molecule has 6 aliphatic rings. The summed E-state index contributed by atoms with van der Waals surface area (Å²) in [6, 6.07) is 0. The van der Waals surface area contributed by atoms with Gasteiger partial charge in [0.15, 0.2) is 12.6 Å². The van der Waals surface area contributed by atoms with Gasteiger partial charge < -0.3 is 39.4 Å². The maximum Gasteiger partial charge on any atom is 0.315 e. The number of rotatable bonds is 6. The second-order valence-corrected chi connectivity index (χ2v) is 12.9. The fourth-order valence-electron chi connectivity index (χ4n) is 9.90. The number of ether oxygens (including phenoxy) is 4. The molecule has 6 rings (SSSR count). The van der Waals surface area contributed by atoms with Crippen LogP contribution in [0, 0.1) is 45.8 Å². The summed E-state index contributed by atoms with van der Waals surface area (Å²) in [5, 5.41) is 42.5. The molecule has 9 nitrogen and oxygen atoms in total. The highest BCUT2D eigenvalue weighted by Crippen LogP contribution is 2.84. The maximum atomic E-state index is 13.8. The molecule has 2 heterocycles. The number of fused-ring (bicyclic) bond motifs is 2. The lowest BCUT2D eigenvalue weighted by Gasteiger charge is -2.61. The Morgan fingerprint density at radius 3 is 2.43 bits per heavy atom. The van der Waals surface area contributed by atoms with Gasteiger partial charge >= 0.3 is 5.97 Å². The maximum absolute atomic E-state index is 13.8. The Kier molecular flexibility index (Phi) is 6.16. The van der Waals surface area contributed by atoms with E-state index in [0.717, 1.165) is 18.4 Å². The van der Waals surface area contributed by atoms with Crippen molar-refractivity contribution in [3.05, 3.63) is 11.6 Å². The van der Waals surface area contributed by atoms with Crippen molar-refractivity contribution in [3.63, 3.8) is 0 Å². The molecule has 208 valence electrons. The molecule has 5 fully saturated rings. The lowest BCUT2D eigenvalue weighted by Crippen LogP contribution is -2.67. The predicted octanol–water partition coefficient (Wildman–Crippen LogP) is 1.93. The van der Waals surface area contributed by atoms with Gasteiger partial charge in [-0.15, -0.1) is 0 Å². The van der Waals surface area contributed by atoms with Gasteiger partial charge in [0.1, 0.15) is 23.7 Å². The highest BCUT2D eigenvalue weighted by molar-refractivity contribution is 5.85. The molecule has 0 amide bonds. The Hall–Kier alpha value is -1.07. The fourth-order valence-corrected chi connectivity index (χ4v) is 9.90. The number of aliphatic hydroxyl groups excluding tert-OH is 3. The van der Waals surface area contributed by atoms with Crippen LogP contribution < -0.4 is 0 Å². The zero-order valence-corrected chi connectivity index (χ0v) is 22.2. The van der Waals surface area contributed by atoms with Crippen LogP contribution in [-0.4, -0.2) is 83.2 Å². The third-order valence-electron chi connectivity index (χ3n) is 11.3. The molecule has 2 aliphatic heterocycles. The van der Waals surface area contributed by atoms with Crippen molar-refractivity contribution in [1.29, 1.82) is 0 Å². The van der Waals surface area contributed by atoms with Crippen LogP contribution >= 0.6 is 0 Å². The monoisotopic (exact) mass is 522 g/mol. The largest absolute Gasteiger partial charge is 0.481 e. The lowest BCUT2D eigenvalue weighted by atomic mass is 9.42. The Balaban J connectivity index is 1.47. The first kappa shape index (κ1) is 26.2. The topological polar surface area (TPSA) is 135 Å². The van der Waals surface area contributed by atoms with Gasteiger partial charge in [0, 0.05) is 10.8 Å². The van der Waals surface area contributed by atoms with Gasteiger partial charge in [-0.25, -0.2) is 0 Å². The van der Waals surface area contributed by atoms with E-state index in [-0.39, 0.29) is 24.4 Å². The van der Waals surface area contributed by atoms with E-state index in [1.54, 1.807) is 6.92 Å². The van der Waals surface area contributed by atoms with E-state index >= 15 is 0 Å². The Bertz CT molecular complexity index is 961. The van der Waals surface area contributed by atoms with E-state index in [9.17, 15) is 25.2 Å². The summed E-state index contributed by atoms with van der Waals surface area (Å²) in [6.07, 6.45) is -0.964. The van der Waals surface area contributed by atoms with Crippen LogP contribution in [0.5, 0.6) is 0 Å². The lowest BCUT2D eigenvalue weighted by molar-refractivity contribution is -0.307. The zero-order chi connectivity index (χ0) is 26.5. The summed E-state index contributed by atoms with van der Waals surface area (Å²) in [5.74, 6) is 0.0747. The van der Waals surface area contributed by atoms with Crippen LogP contribution in [0.4, 0.5) is 0 Å². The second kappa shape index (κ2) is 8.71. The van der Waals surface area contributed by atoms with E-state index in [1.165, 1.54) is 0 Å². The van der Waals surface area contributed by atoms with Crippen molar-refractivity contribution >= 4 is 5.97 Å². The number of carboxylic acids is 1. The molecule has 0 aromatic rings. The summed E-state index contributed by atoms with van der Waals surface area (Å²) < 4.78 is 24.5. The number of aliphatic carboxylic acids is 1. The smallest absolute Gasteiger partial charge is 0.315 e. The average Bonchev–Trinajstić information content (AvgIpc) is 3.61. The third-order valence-corrected chi connectivity index (χ3v) is 11.3. The molecule has 0 spiro atoms. The Labute approximate surface area is 218 Å². The minimum absolute atomic E-state index is 0.0189. The van der Waals surface area contributed by atoms with Crippen LogP contribution in [0.3, 0.4) is 0 Å². The molecule has 4 N–H and O–H groups in total. The molecule has 0 radical (unpaired) electrons. The molecule has 4 aliphatic carbocycles. The molecule has 0 aromatic heterocycles. The van der Waals surface area contributed by atoms with E-state index in [0.29, 0.717) is 37.9 Å². The molecule has 7 unspecified atom stereocenters. The average molecular weight is 523 g/mol. The molecule has 12 atom stereocenters.